The van der Waals surface area contributed by atoms with Crippen molar-refractivity contribution in [2.45, 2.75) is 4.90 Å². The van der Waals surface area contributed by atoms with Crippen LogP contribution in [0.15, 0.2) is 23.1 Å². The number of hydrogen-bond acceptors (Lipinski definition) is 4. The molecule has 0 unspecified atom stereocenters. The minimum atomic E-state index is -4.92. The molecule has 0 bridgehead atoms. The molecule has 1 rings (SSSR count). The van der Waals surface area contributed by atoms with E-state index in [1.54, 1.807) is 0 Å². The van der Waals surface area contributed by atoms with Gasteiger partial charge in [0.25, 0.3) is 0 Å². The molecule has 0 spiro atoms. The lowest BCUT2D eigenvalue weighted by molar-refractivity contribution is 0.0696. The fraction of sp³-hybridized carbons (Fsp3) is 0. The average Bonchev–Trinajstić information content (AvgIpc) is 2.01. The van der Waals surface area contributed by atoms with Crippen LogP contribution >= 0.6 is 0 Å². The smallest absolute Gasteiger partial charge is 0.335 e. The van der Waals surface area contributed by atoms with Gasteiger partial charge in [0.05, 0.1) is 5.56 Å². The number of carboxylic acids is 1. The molecular formula is C7H6FNO4S. The fourth-order valence-electron chi connectivity index (χ4n) is 0.886. The summed E-state index contributed by atoms with van der Waals surface area (Å²) in [4.78, 5) is 9.70. The Kier molecular flexibility index (Phi) is 2.43. The molecule has 1 aromatic rings. The van der Waals surface area contributed by atoms with Gasteiger partial charge < -0.3 is 10.8 Å². The molecule has 0 aliphatic rings. The van der Waals surface area contributed by atoms with Crippen LogP contribution in [-0.4, -0.2) is 19.5 Å². The third-order valence-corrected chi connectivity index (χ3v) is 2.26. The Morgan fingerprint density at radius 1 is 1.36 bits per heavy atom. The molecule has 1 aromatic carbocycles. The Hall–Kier alpha value is -1.63. The van der Waals surface area contributed by atoms with Crippen molar-refractivity contribution in [3.63, 3.8) is 0 Å². The summed E-state index contributed by atoms with van der Waals surface area (Å²) in [5.74, 6) is -1.37. The van der Waals surface area contributed by atoms with E-state index in [1.165, 1.54) is 0 Å². The van der Waals surface area contributed by atoms with Gasteiger partial charge in [0.1, 0.15) is 4.90 Å². The predicted molar refractivity (Wildman–Crippen MR) is 46.1 cm³/mol. The number of nitrogen functional groups attached to an aromatic ring is 1. The summed E-state index contributed by atoms with van der Waals surface area (Å²) < 4.78 is 33.4. The fourth-order valence-corrected chi connectivity index (χ4v) is 1.43. The molecule has 3 N–H and O–H groups in total. The molecule has 76 valence electrons. The van der Waals surface area contributed by atoms with Crippen LogP contribution in [0.3, 0.4) is 0 Å². The van der Waals surface area contributed by atoms with E-state index in [0.29, 0.717) is 6.07 Å². The van der Waals surface area contributed by atoms with Gasteiger partial charge >= 0.3 is 16.2 Å². The van der Waals surface area contributed by atoms with Gasteiger partial charge in [-0.3, -0.25) is 0 Å². The van der Waals surface area contributed by atoms with Crippen molar-refractivity contribution in [2.75, 3.05) is 5.73 Å². The Labute approximate surface area is 79.2 Å². The molecule has 5 nitrogen and oxygen atoms in total. The monoisotopic (exact) mass is 219 g/mol. The summed E-state index contributed by atoms with van der Waals surface area (Å²) in [5, 5.41) is 8.53. The van der Waals surface area contributed by atoms with Crippen LogP contribution < -0.4 is 5.73 Å². The molecule has 0 aliphatic carbocycles. The molecule has 0 radical (unpaired) electrons. The number of rotatable bonds is 2. The summed E-state index contributed by atoms with van der Waals surface area (Å²) >= 11 is 0. The average molecular weight is 219 g/mol. The van der Waals surface area contributed by atoms with Crippen LogP contribution in [0, 0.1) is 0 Å². The highest BCUT2D eigenvalue weighted by molar-refractivity contribution is 7.86. The molecule has 0 amide bonds. The van der Waals surface area contributed by atoms with E-state index >= 15 is 0 Å². The molecular weight excluding hydrogens is 213 g/mol. The highest BCUT2D eigenvalue weighted by atomic mass is 32.3. The van der Waals surface area contributed by atoms with E-state index in [9.17, 15) is 17.1 Å². The number of aromatic carboxylic acids is 1. The number of benzene rings is 1. The molecule has 0 saturated heterocycles. The molecule has 7 heteroatoms. The minimum Gasteiger partial charge on any atom is -0.478 e. The summed E-state index contributed by atoms with van der Waals surface area (Å²) in [7, 11) is -4.92. The van der Waals surface area contributed by atoms with Crippen LogP contribution in [0.4, 0.5) is 9.57 Å². The van der Waals surface area contributed by atoms with Crippen molar-refractivity contribution in [1.82, 2.24) is 0 Å². The zero-order valence-electron chi connectivity index (χ0n) is 6.77. The van der Waals surface area contributed by atoms with E-state index in [0.717, 1.165) is 12.1 Å². The van der Waals surface area contributed by atoms with Crippen molar-refractivity contribution in [3.05, 3.63) is 23.8 Å². The van der Waals surface area contributed by atoms with Gasteiger partial charge in [0, 0.05) is 5.69 Å². The second kappa shape index (κ2) is 3.26. The lowest BCUT2D eigenvalue weighted by Gasteiger charge is -2.00. The van der Waals surface area contributed by atoms with Crippen molar-refractivity contribution in [3.8, 4) is 0 Å². The molecule has 0 aliphatic heterocycles. The van der Waals surface area contributed by atoms with Crippen LogP contribution in [-0.2, 0) is 10.2 Å². The third-order valence-electron chi connectivity index (χ3n) is 1.46. The van der Waals surface area contributed by atoms with Gasteiger partial charge in [-0.25, -0.2) is 4.79 Å². The first-order chi connectivity index (χ1) is 6.30. The van der Waals surface area contributed by atoms with Crippen molar-refractivity contribution < 1.29 is 22.2 Å². The SMILES string of the molecule is Nc1cc(C(=O)O)cc(S(=O)(=O)F)c1. The largest absolute Gasteiger partial charge is 0.478 e. The van der Waals surface area contributed by atoms with E-state index in [4.69, 9.17) is 10.8 Å². The minimum absolute atomic E-state index is 0.124. The van der Waals surface area contributed by atoms with E-state index in [-0.39, 0.29) is 11.3 Å². The number of nitrogens with two attached hydrogens (primary N) is 1. The summed E-state index contributed by atoms with van der Waals surface area (Å²) in [6.45, 7) is 0. The molecule has 0 fully saturated rings. The number of anilines is 1. The molecule has 14 heavy (non-hydrogen) atoms. The quantitative estimate of drug-likeness (QED) is 0.561. The van der Waals surface area contributed by atoms with E-state index < -0.39 is 21.1 Å². The normalized spacial score (nSPS) is 11.2. The van der Waals surface area contributed by atoms with Crippen molar-refractivity contribution in [2.24, 2.45) is 0 Å². The van der Waals surface area contributed by atoms with Crippen LogP contribution in [0.25, 0.3) is 0 Å². The second-order valence-electron chi connectivity index (χ2n) is 2.53. The standard InChI is InChI=1S/C7H6FNO4S/c8-14(12,13)6-2-4(7(10)11)1-5(9)3-6/h1-3H,9H2,(H,10,11). The van der Waals surface area contributed by atoms with E-state index in [2.05, 4.69) is 0 Å². The number of hydrogen-bond donors (Lipinski definition) is 2. The Morgan fingerprint density at radius 2 is 1.93 bits per heavy atom. The third kappa shape index (κ3) is 2.19. The second-order valence-corrected chi connectivity index (χ2v) is 3.88. The Morgan fingerprint density at radius 3 is 2.36 bits per heavy atom. The van der Waals surface area contributed by atoms with Crippen molar-refractivity contribution in [1.29, 1.82) is 0 Å². The number of carbonyl (C=O) groups is 1. The molecule has 0 atom stereocenters. The Bertz CT molecular complexity index is 482. The van der Waals surface area contributed by atoms with Gasteiger partial charge in [-0.1, -0.05) is 0 Å². The molecule has 0 heterocycles. The van der Waals surface area contributed by atoms with Crippen LogP contribution in [0.2, 0.25) is 0 Å². The lowest BCUT2D eigenvalue weighted by atomic mass is 10.2. The van der Waals surface area contributed by atoms with Gasteiger partial charge in [-0.2, -0.15) is 8.42 Å². The van der Waals surface area contributed by atoms with Gasteiger partial charge in [-0.05, 0) is 18.2 Å². The zero-order chi connectivity index (χ0) is 10.9. The first-order valence-electron chi connectivity index (χ1n) is 3.39. The predicted octanol–water partition coefficient (Wildman–Crippen LogP) is 0.625. The van der Waals surface area contributed by atoms with Gasteiger partial charge in [-0.15, -0.1) is 3.89 Å². The van der Waals surface area contributed by atoms with Gasteiger partial charge in [0.2, 0.25) is 0 Å². The van der Waals surface area contributed by atoms with Crippen molar-refractivity contribution >= 4 is 21.9 Å². The highest BCUT2D eigenvalue weighted by Crippen LogP contribution is 2.18. The molecule has 0 saturated carbocycles. The topological polar surface area (TPSA) is 97.5 Å². The summed E-state index contributed by atoms with van der Waals surface area (Å²) in [5.41, 5.74) is 4.70. The highest BCUT2D eigenvalue weighted by Gasteiger charge is 2.15. The maximum atomic E-state index is 12.5. The number of halogens is 1. The number of carboxylic acid groups (broad SMARTS) is 1. The maximum Gasteiger partial charge on any atom is 0.335 e. The summed E-state index contributed by atoms with van der Waals surface area (Å²) in [6.07, 6.45) is 0. The van der Waals surface area contributed by atoms with E-state index in [1.807, 2.05) is 0 Å². The lowest BCUT2D eigenvalue weighted by Crippen LogP contribution is -2.02. The maximum absolute atomic E-state index is 12.5. The molecule has 0 aromatic heterocycles. The first kappa shape index (κ1) is 10.5. The van der Waals surface area contributed by atoms with Gasteiger partial charge in [0.15, 0.2) is 0 Å². The van der Waals surface area contributed by atoms with Crippen LogP contribution in [0.5, 0.6) is 0 Å². The zero-order valence-corrected chi connectivity index (χ0v) is 7.58. The van der Waals surface area contributed by atoms with Crippen LogP contribution in [0.1, 0.15) is 10.4 Å². The first-order valence-corrected chi connectivity index (χ1v) is 4.77. The summed E-state index contributed by atoms with van der Waals surface area (Å²) in [6, 6.07) is 2.59. The Balaban J connectivity index is 3.43.